The number of aliphatic imine (C=N–C) groups is 2. The second-order valence-corrected chi connectivity index (χ2v) is 3.22. The predicted octanol–water partition coefficient (Wildman–Crippen LogP) is -1.19. The van der Waals surface area contributed by atoms with Gasteiger partial charge in [-0.25, -0.2) is 16.0 Å². The molecule has 0 spiro atoms. The van der Waals surface area contributed by atoms with E-state index in [4.69, 9.17) is 0 Å². The maximum Gasteiger partial charge on any atom is 0.186 e. The third kappa shape index (κ3) is 0.882. The van der Waals surface area contributed by atoms with Crippen LogP contribution in [0.25, 0.3) is 0 Å². The van der Waals surface area contributed by atoms with Gasteiger partial charge in [0.25, 0.3) is 0 Å². The second-order valence-electron chi connectivity index (χ2n) is 3.22. The molecule has 0 saturated heterocycles. The molecular formula is C8H7N5O. The van der Waals surface area contributed by atoms with Crippen molar-refractivity contribution in [2.75, 3.05) is 0 Å². The van der Waals surface area contributed by atoms with Crippen molar-refractivity contribution in [3.05, 3.63) is 11.6 Å². The molecule has 70 valence electrons. The number of hydrazone groups is 1. The first kappa shape index (κ1) is 7.57. The first-order valence-electron chi connectivity index (χ1n) is 4.24. The third-order valence-electron chi connectivity index (χ3n) is 2.38. The minimum absolute atomic E-state index is 0.00801. The van der Waals surface area contributed by atoms with Crippen LogP contribution in [-0.4, -0.2) is 36.1 Å². The minimum atomic E-state index is -0.413. The molecule has 0 amide bonds. The molecule has 1 aliphatic carbocycles. The Bertz CT molecular complexity index is 419. The summed E-state index contributed by atoms with van der Waals surface area (Å²) in [4.78, 5) is 19.7. The van der Waals surface area contributed by atoms with Crippen molar-refractivity contribution < 1.29 is 4.79 Å². The van der Waals surface area contributed by atoms with Crippen molar-refractivity contribution in [2.45, 2.75) is 12.1 Å². The molecule has 0 aromatic carbocycles. The summed E-state index contributed by atoms with van der Waals surface area (Å²) in [6.07, 6.45) is 4.89. The monoisotopic (exact) mass is 189 g/mol. The fourth-order valence-corrected chi connectivity index (χ4v) is 1.70. The van der Waals surface area contributed by atoms with E-state index in [1.54, 1.807) is 6.21 Å². The average Bonchev–Trinajstić information content (AvgIpc) is 2.66. The van der Waals surface area contributed by atoms with Gasteiger partial charge in [-0.3, -0.25) is 9.79 Å². The Balaban J connectivity index is 2.10. The van der Waals surface area contributed by atoms with Gasteiger partial charge < -0.3 is 0 Å². The molecule has 6 heteroatoms. The van der Waals surface area contributed by atoms with E-state index in [0.29, 0.717) is 5.71 Å². The molecule has 14 heavy (non-hydrogen) atoms. The predicted molar refractivity (Wildman–Crippen MR) is 51.4 cm³/mol. The Hall–Kier alpha value is -1.82. The molecule has 2 aliphatic heterocycles. The van der Waals surface area contributed by atoms with E-state index in [1.165, 1.54) is 6.34 Å². The van der Waals surface area contributed by atoms with E-state index in [9.17, 15) is 4.79 Å². The maximum absolute atomic E-state index is 11.8. The standard InChI is InChI=1S/C8H7N5O/c14-8-6-4(2-9-3-10-6)1-5-7(8)12-13-11-5/h1-3,6-7,12-13H. The molecule has 2 heterocycles. The summed E-state index contributed by atoms with van der Waals surface area (Å²) in [6.45, 7) is 0. The number of hydrogen-bond acceptors (Lipinski definition) is 6. The summed E-state index contributed by atoms with van der Waals surface area (Å²) in [7, 11) is 0. The first-order valence-corrected chi connectivity index (χ1v) is 4.24. The Labute approximate surface area is 79.5 Å². The van der Waals surface area contributed by atoms with Crippen LogP contribution in [0.15, 0.2) is 26.7 Å². The summed E-state index contributed by atoms with van der Waals surface area (Å²) in [5, 5.41) is 3.94. The molecule has 2 atom stereocenters. The zero-order valence-electron chi connectivity index (χ0n) is 7.14. The second kappa shape index (κ2) is 2.58. The zero-order valence-corrected chi connectivity index (χ0v) is 7.14. The number of nitrogens with zero attached hydrogens (tertiary/aromatic N) is 3. The molecule has 0 aromatic heterocycles. The van der Waals surface area contributed by atoms with Crippen molar-refractivity contribution in [3.63, 3.8) is 0 Å². The van der Waals surface area contributed by atoms with Crippen LogP contribution in [0.1, 0.15) is 0 Å². The van der Waals surface area contributed by atoms with E-state index in [1.807, 2.05) is 6.08 Å². The van der Waals surface area contributed by atoms with Crippen LogP contribution < -0.4 is 11.0 Å². The van der Waals surface area contributed by atoms with Crippen molar-refractivity contribution in [1.82, 2.24) is 11.0 Å². The van der Waals surface area contributed by atoms with E-state index < -0.39 is 6.04 Å². The van der Waals surface area contributed by atoms with Crippen molar-refractivity contribution in [2.24, 2.45) is 15.1 Å². The highest BCUT2D eigenvalue weighted by Gasteiger charge is 2.38. The number of ketones is 1. The lowest BCUT2D eigenvalue weighted by atomic mass is 9.89. The molecule has 2 unspecified atom stereocenters. The SMILES string of the molecule is O=C1C2N=CN=CC2=CC2=NNNC12. The minimum Gasteiger partial charge on any atom is -0.295 e. The van der Waals surface area contributed by atoms with Crippen LogP contribution in [-0.2, 0) is 4.79 Å². The van der Waals surface area contributed by atoms with Gasteiger partial charge in [0.2, 0.25) is 0 Å². The Morgan fingerprint density at radius 2 is 2.36 bits per heavy atom. The number of hydrazine groups is 1. The number of rotatable bonds is 0. The molecule has 2 N–H and O–H groups in total. The third-order valence-corrected chi connectivity index (χ3v) is 2.38. The van der Waals surface area contributed by atoms with E-state index in [2.05, 4.69) is 26.0 Å². The molecule has 3 aliphatic rings. The quantitative estimate of drug-likeness (QED) is 0.503. The number of fused-ring (bicyclic) bond motifs is 2. The van der Waals surface area contributed by atoms with Crippen LogP contribution in [0.3, 0.4) is 0 Å². The highest BCUT2D eigenvalue weighted by atomic mass is 16.1. The molecule has 0 aromatic rings. The topological polar surface area (TPSA) is 78.2 Å². The molecule has 0 saturated carbocycles. The van der Waals surface area contributed by atoms with Gasteiger partial charge in [0, 0.05) is 11.8 Å². The summed E-state index contributed by atoms with van der Waals surface area (Å²) >= 11 is 0. The van der Waals surface area contributed by atoms with E-state index in [0.717, 1.165) is 5.57 Å². The van der Waals surface area contributed by atoms with Gasteiger partial charge in [0.05, 0.1) is 5.71 Å². The van der Waals surface area contributed by atoms with E-state index in [-0.39, 0.29) is 11.8 Å². The number of carbonyl (C=O) groups excluding carboxylic acids is 1. The molecule has 6 nitrogen and oxygen atoms in total. The van der Waals surface area contributed by atoms with Crippen molar-refractivity contribution in [1.29, 1.82) is 0 Å². The normalized spacial score (nSPS) is 33.0. The van der Waals surface area contributed by atoms with Crippen LogP contribution in [0, 0.1) is 0 Å². The maximum atomic E-state index is 11.8. The van der Waals surface area contributed by atoms with Crippen LogP contribution in [0.2, 0.25) is 0 Å². The van der Waals surface area contributed by atoms with Gasteiger partial charge in [0.15, 0.2) is 5.78 Å². The fourth-order valence-electron chi connectivity index (χ4n) is 1.70. The molecule has 3 rings (SSSR count). The van der Waals surface area contributed by atoms with Gasteiger partial charge in [0.1, 0.15) is 18.4 Å². The number of hydrogen-bond donors (Lipinski definition) is 2. The Kier molecular flexibility index (Phi) is 1.40. The lowest BCUT2D eigenvalue weighted by Crippen LogP contribution is -2.49. The van der Waals surface area contributed by atoms with Crippen LogP contribution >= 0.6 is 0 Å². The van der Waals surface area contributed by atoms with Gasteiger partial charge in [-0.05, 0) is 6.08 Å². The molecule has 0 bridgehead atoms. The number of Topliss-reactive ketones (excluding diaryl/α,β-unsaturated/α-hetero) is 1. The highest BCUT2D eigenvalue weighted by molar-refractivity contribution is 6.23. The average molecular weight is 189 g/mol. The van der Waals surface area contributed by atoms with Crippen LogP contribution in [0.4, 0.5) is 0 Å². The zero-order chi connectivity index (χ0) is 9.54. The lowest BCUT2D eigenvalue weighted by Gasteiger charge is -2.22. The summed E-state index contributed by atoms with van der Waals surface area (Å²) in [6, 6.07) is -0.781. The highest BCUT2D eigenvalue weighted by Crippen LogP contribution is 2.19. The molecule has 0 radical (unpaired) electrons. The molecular weight excluding hydrogens is 182 g/mol. The largest absolute Gasteiger partial charge is 0.295 e. The van der Waals surface area contributed by atoms with Crippen molar-refractivity contribution >= 4 is 24.0 Å². The fraction of sp³-hybridized carbons (Fsp3) is 0.250. The Morgan fingerprint density at radius 1 is 1.43 bits per heavy atom. The smallest absolute Gasteiger partial charge is 0.186 e. The number of carbonyl (C=O) groups is 1. The van der Waals surface area contributed by atoms with Gasteiger partial charge in [-0.15, -0.1) is 0 Å². The summed E-state index contributed by atoms with van der Waals surface area (Å²) < 4.78 is 0. The number of nitrogens with one attached hydrogen (secondary N) is 2. The lowest BCUT2D eigenvalue weighted by molar-refractivity contribution is -0.120. The van der Waals surface area contributed by atoms with Gasteiger partial charge >= 0.3 is 0 Å². The van der Waals surface area contributed by atoms with Crippen molar-refractivity contribution in [3.8, 4) is 0 Å². The molecule has 0 fully saturated rings. The van der Waals surface area contributed by atoms with Gasteiger partial charge in [-0.2, -0.15) is 5.10 Å². The summed E-state index contributed by atoms with van der Waals surface area (Å²) in [5.74, 6) is 0.00801. The van der Waals surface area contributed by atoms with Gasteiger partial charge in [-0.1, -0.05) is 0 Å². The first-order chi connectivity index (χ1) is 6.86. The Morgan fingerprint density at radius 3 is 3.29 bits per heavy atom. The van der Waals surface area contributed by atoms with E-state index >= 15 is 0 Å². The summed E-state index contributed by atoms with van der Waals surface area (Å²) in [5.41, 5.74) is 6.86. The van der Waals surface area contributed by atoms with Crippen LogP contribution in [0.5, 0.6) is 0 Å².